The number of nitrogens with zero attached hydrogens (tertiary/aromatic N) is 1. The van der Waals surface area contributed by atoms with Crippen molar-refractivity contribution in [1.29, 1.82) is 0 Å². The topological polar surface area (TPSA) is 41.6 Å². The zero-order chi connectivity index (χ0) is 22.1. The Morgan fingerprint density at radius 3 is 2.31 bits per heavy atom. The van der Waals surface area contributed by atoms with Crippen LogP contribution in [0.15, 0.2) is 97.1 Å². The van der Waals surface area contributed by atoms with Gasteiger partial charge in [-0.05, 0) is 66.2 Å². The van der Waals surface area contributed by atoms with Crippen LogP contribution in [0.5, 0.6) is 11.5 Å². The fourth-order valence-corrected chi connectivity index (χ4v) is 3.74. The van der Waals surface area contributed by atoms with Crippen LogP contribution in [0.3, 0.4) is 0 Å². The van der Waals surface area contributed by atoms with Crippen LogP contribution in [0.25, 0.3) is 0 Å². The molecule has 1 aliphatic rings. The summed E-state index contributed by atoms with van der Waals surface area (Å²) in [6, 6.07) is 26.2. The Labute approximate surface area is 183 Å². The number of rotatable bonds is 4. The van der Waals surface area contributed by atoms with Gasteiger partial charge in [-0.2, -0.15) is 0 Å². The van der Waals surface area contributed by atoms with E-state index in [1.54, 1.807) is 60.7 Å². The van der Waals surface area contributed by atoms with Crippen molar-refractivity contribution in [2.24, 2.45) is 0 Å². The van der Waals surface area contributed by atoms with Crippen LogP contribution in [-0.4, -0.2) is 5.91 Å². The first-order valence-corrected chi connectivity index (χ1v) is 10.1. The van der Waals surface area contributed by atoms with Gasteiger partial charge >= 0.3 is 0 Å². The van der Waals surface area contributed by atoms with E-state index >= 15 is 0 Å². The molecule has 0 radical (unpaired) electrons. The number of nitrogens with one attached hydrogen (secondary N) is 1. The van der Waals surface area contributed by atoms with Gasteiger partial charge in [0.05, 0.1) is 5.56 Å². The number of amides is 1. The van der Waals surface area contributed by atoms with Crippen molar-refractivity contribution in [1.82, 2.24) is 0 Å². The number of halogens is 2. The molecule has 1 heterocycles. The molecule has 0 saturated carbocycles. The van der Waals surface area contributed by atoms with E-state index in [4.69, 9.17) is 4.74 Å². The molecule has 0 aliphatic carbocycles. The first-order chi connectivity index (χ1) is 15.6. The van der Waals surface area contributed by atoms with Gasteiger partial charge in [-0.1, -0.05) is 36.4 Å². The molecule has 158 valence electrons. The molecule has 4 aromatic rings. The number of ether oxygens (including phenoxy) is 1. The fourth-order valence-electron chi connectivity index (χ4n) is 3.74. The minimum absolute atomic E-state index is 0.0425. The third-order valence-corrected chi connectivity index (χ3v) is 5.27. The largest absolute Gasteiger partial charge is 0.454 e. The van der Waals surface area contributed by atoms with Gasteiger partial charge in [0, 0.05) is 11.4 Å². The lowest BCUT2D eigenvalue weighted by atomic mass is 10.0. The average molecular weight is 428 g/mol. The summed E-state index contributed by atoms with van der Waals surface area (Å²) in [5, 5.41) is 3.35. The maximum atomic E-state index is 14.5. The summed E-state index contributed by atoms with van der Waals surface area (Å²) >= 11 is 0. The molecule has 0 saturated heterocycles. The highest BCUT2D eigenvalue weighted by Crippen LogP contribution is 2.38. The van der Waals surface area contributed by atoms with E-state index in [9.17, 15) is 13.6 Å². The molecule has 0 aromatic heterocycles. The Morgan fingerprint density at radius 1 is 0.812 bits per heavy atom. The van der Waals surface area contributed by atoms with Crippen molar-refractivity contribution in [2.75, 3.05) is 10.2 Å². The van der Waals surface area contributed by atoms with E-state index in [0.717, 1.165) is 0 Å². The summed E-state index contributed by atoms with van der Waals surface area (Å²) in [6.07, 6.45) is -0.651. The van der Waals surface area contributed by atoms with Crippen LogP contribution in [0.2, 0.25) is 0 Å². The molecule has 0 unspecified atom stereocenters. The van der Waals surface area contributed by atoms with Gasteiger partial charge in [0.2, 0.25) is 0 Å². The highest BCUT2D eigenvalue weighted by molar-refractivity contribution is 6.12. The van der Waals surface area contributed by atoms with Gasteiger partial charge in [0.1, 0.15) is 17.7 Å². The first kappa shape index (κ1) is 19.8. The maximum absolute atomic E-state index is 14.5. The first-order valence-electron chi connectivity index (χ1n) is 10.1. The van der Waals surface area contributed by atoms with Crippen LogP contribution in [-0.2, 0) is 0 Å². The Kier molecular flexibility index (Phi) is 5.03. The number of fused-ring (bicyclic) bond motifs is 1. The molecular weight excluding hydrogens is 410 g/mol. The van der Waals surface area contributed by atoms with E-state index in [-0.39, 0.29) is 11.7 Å². The highest BCUT2D eigenvalue weighted by atomic mass is 19.1. The number of benzene rings is 4. The molecule has 4 aromatic carbocycles. The summed E-state index contributed by atoms with van der Waals surface area (Å²) in [4.78, 5) is 14.9. The maximum Gasteiger partial charge on any atom is 0.262 e. The summed E-state index contributed by atoms with van der Waals surface area (Å²) in [5.74, 6) is -0.624. The number of para-hydroxylation sites is 2. The van der Waals surface area contributed by atoms with E-state index in [2.05, 4.69) is 5.32 Å². The summed E-state index contributed by atoms with van der Waals surface area (Å²) in [7, 11) is 0. The predicted molar refractivity (Wildman–Crippen MR) is 119 cm³/mol. The summed E-state index contributed by atoms with van der Waals surface area (Å²) < 4.78 is 33.8. The van der Waals surface area contributed by atoms with Crippen molar-refractivity contribution in [3.05, 3.63) is 120 Å². The zero-order valence-corrected chi connectivity index (χ0v) is 16.8. The molecule has 1 atom stereocenters. The summed E-state index contributed by atoms with van der Waals surface area (Å²) in [6.45, 7) is 0. The molecule has 5 rings (SSSR count). The van der Waals surface area contributed by atoms with Crippen molar-refractivity contribution in [2.45, 2.75) is 6.17 Å². The molecular formula is C26H18F2N2O2. The van der Waals surface area contributed by atoms with Gasteiger partial charge in [-0.25, -0.2) is 8.78 Å². The molecule has 1 N–H and O–H groups in total. The number of anilines is 2. The van der Waals surface area contributed by atoms with Crippen LogP contribution in [0.4, 0.5) is 20.2 Å². The van der Waals surface area contributed by atoms with Crippen molar-refractivity contribution in [3.8, 4) is 11.5 Å². The normalized spacial score (nSPS) is 15.1. The lowest BCUT2D eigenvalue weighted by Crippen LogP contribution is -2.43. The minimum atomic E-state index is -0.651. The quantitative estimate of drug-likeness (QED) is 0.402. The van der Waals surface area contributed by atoms with Crippen LogP contribution >= 0.6 is 0 Å². The second-order valence-electron chi connectivity index (χ2n) is 7.35. The molecule has 6 heteroatoms. The van der Waals surface area contributed by atoms with Crippen LogP contribution in [0.1, 0.15) is 22.1 Å². The Hall–Kier alpha value is -4.19. The standard InChI is InChI=1S/C26H18F2N2O2/c27-18-11-13-19(14-12-18)30-25(29-23-9-5-4-8-21(23)26(30)31)17-10-15-22(28)24(16-17)32-20-6-2-1-3-7-20/h1-16,25,29H/t25-/m0/s1. The second-order valence-corrected chi connectivity index (χ2v) is 7.35. The fraction of sp³-hybridized carbons (Fsp3) is 0.0385. The summed E-state index contributed by atoms with van der Waals surface area (Å²) in [5.41, 5.74) is 2.29. The smallest absolute Gasteiger partial charge is 0.262 e. The monoisotopic (exact) mass is 428 g/mol. The Bertz CT molecular complexity index is 1280. The second kappa shape index (κ2) is 8.15. The van der Waals surface area contributed by atoms with Crippen molar-refractivity contribution >= 4 is 17.3 Å². The number of hydrogen-bond acceptors (Lipinski definition) is 3. The molecule has 0 bridgehead atoms. The van der Waals surface area contributed by atoms with Crippen molar-refractivity contribution in [3.63, 3.8) is 0 Å². The van der Waals surface area contributed by atoms with Gasteiger partial charge in [0.15, 0.2) is 11.6 Å². The van der Waals surface area contributed by atoms with Crippen LogP contribution < -0.4 is 15.0 Å². The van der Waals surface area contributed by atoms with E-state index in [1.807, 2.05) is 18.2 Å². The third-order valence-electron chi connectivity index (χ3n) is 5.27. The van der Waals surface area contributed by atoms with Crippen LogP contribution in [0, 0.1) is 11.6 Å². The SMILES string of the molecule is O=C1c2ccccc2N[C@H](c2ccc(F)c(Oc3ccccc3)c2)N1c1ccc(F)cc1. The molecule has 4 nitrogen and oxygen atoms in total. The highest BCUT2D eigenvalue weighted by Gasteiger charge is 2.34. The number of carbonyl (C=O) groups excluding carboxylic acids is 1. The van der Waals surface area contributed by atoms with Gasteiger partial charge < -0.3 is 10.1 Å². The Morgan fingerprint density at radius 2 is 1.53 bits per heavy atom. The number of carbonyl (C=O) groups is 1. The predicted octanol–water partition coefficient (Wildman–Crippen LogP) is 6.53. The van der Waals surface area contributed by atoms with E-state index in [1.165, 1.54) is 23.1 Å². The lowest BCUT2D eigenvalue weighted by Gasteiger charge is -2.38. The van der Waals surface area contributed by atoms with Gasteiger partial charge in [-0.15, -0.1) is 0 Å². The van der Waals surface area contributed by atoms with Gasteiger partial charge in [-0.3, -0.25) is 9.69 Å². The van der Waals surface area contributed by atoms with Crippen molar-refractivity contribution < 1.29 is 18.3 Å². The molecule has 1 amide bonds. The third kappa shape index (κ3) is 3.67. The number of hydrogen-bond donors (Lipinski definition) is 1. The van der Waals surface area contributed by atoms with Gasteiger partial charge in [0.25, 0.3) is 5.91 Å². The lowest BCUT2D eigenvalue weighted by molar-refractivity contribution is 0.0975. The van der Waals surface area contributed by atoms with E-state index < -0.39 is 17.8 Å². The molecule has 0 fully saturated rings. The van der Waals surface area contributed by atoms with E-state index in [0.29, 0.717) is 28.3 Å². The molecule has 0 spiro atoms. The minimum Gasteiger partial charge on any atom is -0.454 e. The molecule has 1 aliphatic heterocycles. The zero-order valence-electron chi connectivity index (χ0n) is 16.8. The molecule has 32 heavy (non-hydrogen) atoms. The Balaban J connectivity index is 1.59. The average Bonchev–Trinajstić information content (AvgIpc) is 2.82.